The van der Waals surface area contributed by atoms with Crippen molar-refractivity contribution in [3.05, 3.63) is 16.8 Å². The molecule has 0 fully saturated rings. The molecular weight excluding hydrogens is 308 g/mol. The van der Waals surface area contributed by atoms with E-state index in [1.165, 1.54) is 17.7 Å². The van der Waals surface area contributed by atoms with Gasteiger partial charge in [-0.15, -0.1) is 23.1 Å². The van der Waals surface area contributed by atoms with Crippen molar-refractivity contribution in [1.29, 1.82) is 0 Å². The van der Waals surface area contributed by atoms with E-state index in [0.29, 0.717) is 4.88 Å². The summed E-state index contributed by atoms with van der Waals surface area (Å²) in [6.07, 6.45) is 2.38. The lowest BCUT2D eigenvalue weighted by atomic mass is 10.1. The van der Waals surface area contributed by atoms with Crippen molar-refractivity contribution in [2.75, 3.05) is 12.9 Å². The number of hydrogen-bond donors (Lipinski definition) is 1. The second kappa shape index (κ2) is 6.29. The molecule has 2 rings (SSSR count). The number of hydrogen-bond acceptors (Lipinski definition) is 6. The quantitative estimate of drug-likeness (QED) is 0.646. The molecule has 7 heteroatoms. The monoisotopic (exact) mass is 326 g/mol. The van der Waals surface area contributed by atoms with E-state index in [9.17, 15) is 9.90 Å². The molecule has 114 valence electrons. The van der Waals surface area contributed by atoms with E-state index in [4.69, 9.17) is 4.74 Å². The first kappa shape index (κ1) is 16.2. The van der Waals surface area contributed by atoms with E-state index in [1.54, 1.807) is 18.9 Å². The second-order valence-electron chi connectivity index (χ2n) is 5.28. The van der Waals surface area contributed by atoms with Crippen LogP contribution in [-0.2, 0) is 4.74 Å². The molecule has 0 aliphatic carbocycles. The van der Waals surface area contributed by atoms with Gasteiger partial charge in [-0.2, -0.15) is 0 Å². The van der Waals surface area contributed by atoms with Crippen LogP contribution in [0.5, 0.6) is 0 Å². The topological polar surface area (TPSA) is 72.3 Å². The number of ether oxygens (including phenoxy) is 1. The van der Waals surface area contributed by atoms with Crippen molar-refractivity contribution in [2.45, 2.75) is 37.8 Å². The molecule has 2 heterocycles. The number of carboxylic acids is 1. The van der Waals surface area contributed by atoms with Crippen molar-refractivity contribution in [1.82, 2.24) is 9.97 Å². The summed E-state index contributed by atoms with van der Waals surface area (Å²) in [6.45, 7) is 5.90. The number of aromatic carboxylic acids is 1. The van der Waals surface area contributed by atoms with Crippen molar-refractivity contribution < 1.29 is 14.6 Å². The number of thioether (sulfide) groups is 1. The van der Waals surface area contributed by atoms with Gasteiger partial charge in [0.1, 0.15) is 21.1 Å². The number of fused-ring (bicyclic) bond motifs is 1. The smallest absolute Gasteiger partial charge is 0.346 e. The Morgan fingerprint density at radius 1 is 1.48 bits per heavy atom. The Morgan fingerprint density at radius 2 is 2.19 bits per heavy atom. The molecule has 5 nitrogen and oxygen atoms in total. The molecule has 0 spiro atoms. The molecule has 0 aromatic carbocycles. The first-order valence-corrected chi connectivity index (χ1v) is 8.31. The van der Waals surface area contributed by atoms with Crippen molar-refractivity contribution >= 4 is 39.3 Å². The summed E-state index contributed by atoms with van der Waals surface area (Å²) < 4.78 is 5.40. The molecule has 0 saturated carbocycles. The molecular formula is C14H18N2O3S2. The van der Waals surface area contributed by atoms with E-state index < -0.39 is 5.97 Å². The van der Waals surface area contributed by atoms with Crippen LogP contribution in [0.25, 0.3) is 10.2 Å². The average Bonchev–Trinajstić information content (AvgIpc) is 2.77. The summed E-state index contributed by atoms with van der Waals surface area (Å²) in [5.74, 6) is -0.0584. The van der Waals surface area contributed by atoms with E-state index in [1.807, 2.05) is 20.8 Å². The van der Waals surface area contributed by atoms with Crippen LogP contribution in [0.3, 0.4) is 0 Å². The van der Waals surface area contributed by atoms with Gasteiger partial charge in [0.05, 0.1) is 5.60 Å². The Hall–Kier alpha value is -1.18. The van der Waals surface area contributed by atoms with Gasteiger partial charge >= 0.3 is 5.97 Å². The number of rotatable bonds is 6. The highest BCUT2D eigenvalue weighted by molar-refractivity contribution is 7.99. The third kappa shape index (κ3) is 3.53. The highest BCUT2D eigenvalue weighted by atomic mass is 32.2. The zero-order chi connectivity index (χ0) is 15.6. The average molecular weight is 326 g/mol. The maximum absolute atomic E-state index is 11.2. The summed E-state index contributed by atoms with van der Waals surface area (Å²) in [4.78, 5) is 20.8. The van der Waals surface area contributed by atoms with Crippen LogP contribution in [-0.4, -0.2) is 39.5 Å². The Morgan fingerprint density at radius 3 is 2.81 bits per heavy atom. The largest absolute Gasteiger partial charge is 0.477 e. The molecule has 0 unspecified atom stereocenters. The molecule has 0 amide bonds. The minimum absolute atomic E-state index is 0.172. The van der Waals surface area contributed by atoms with E-state index >= 15 is 0 Å². The van der Waals surface area contributed by atoms with Crippen LogP contribution in [0.2, 0.25) is 0 Å². The number of carboxylic acid groups (broad SMARTS) is 1. The SMILES string of the molecule is COC(C)(C)CCSc1ncnc2sc(C(=O)O)c(C)c12. The van der Waals surface area contributed by atoms with Crippen molar-refractivity contribution in [2.24, 2.45) is 0 Å². The Labute approximate surface area is 131 Å². The molecule has 2 aromatic heterocycles. The van der Waals surface area contributed by atoms with Crippen LogP contribution in [0.15, 0.2) is 11.4 Å². The van der Waals surface area contributed by atoms with Crippen molar-refractivity contribution in [3.8, 4) is 0 Å². The molecule has 1 N–H and O–H groups in total. The van der Waals surface area contributed by atoms with Gasteiger partial charge in [0.2, 0.25) is 0 Å². The van der Waals surface area contributed by atoms with Crippen LogP contribution >= 0.6 is 23.1 Å². The van der Waals surface area contributed by atoms with Crippen LogP contribution < -0.4 is 0 Å². The number of aromatic nitrogens is 2. The van der Waals surface area contributed by atoms with Crippen LogP contribution in [0, 0.1) is 6.92 Å². The van der Waals surface area contributed by atoms with E-state index in [0.717, 1.165) is 33.0 Å². The first-order chi connectivity index (χ1) is 9.85. The Balaban J connectivity index is 2.26. The highest BCUT2D eigenvalue weighted by Crippen LogP contribution is 2.35. The second-order valence-corrected chi connectivity index (χ2v) is 7.37. The fourth-order valence-corrected chi connectivity index (χ4v) is 4.20. The summed E-state index contributed by atoms with van der Waals surface area (Å²) in [5, 5.41) is 10.9. The number of carbonyl (C=O) groups is 1. The summed E-state index contributed by atoms with van der Waals surface area (Å²) >= 11 is 2.81. The summed E-state index contributed by atoms with van der Waals surface area (Å²) in [7, 11) is 1.70. The molecule has 0 saturated heterocycles. The maximum Gasteiger partial charge on any atom is 0.346 e. The Kier molecular flexibility index (Phi) is 4.85. The van der Waals surface area contributed by atoms with Gasteiger partial charge in [-0.1, -0.05) is 0 Å². The van der Waals surface area contributed by atoms with Crippen LogP contribution in [0.4, 0.5) is 0 Å². The molecule has 0 bridgehead atoms. The van der Waals surface area contributed by atoms with Gasteiger partial charge in [0.15, 0.2) is 0 Å². The number of thiophene rings is 1. The van der Waals surface area contributed by atoms with Gasteiger partial charge in [-0.05, 0) is 32.8 Å². The fraction of sp³-hybridized carbons (Fsp3) is 0.500. The zero-order valence-electron chi connectivity index (χ0n) is 12.5. The molecule has 0 aliphatic rings. The van der Waals surface area contributed by atoms with Gasteiger partial charge in [-0.25, -0.2) is 14.8 Å². The lowest BCUT2D eigenvalue weighted by Crippen LogP contribution is -2.22. The van der Waals surface area contributed by atoms with Gasteiger partial charge in [0, 0.05) is 18.2 Å². The zero-order valence-corrected chi connectivity index (χ0v) is 14.1. The van der Waals surface area contributed by atoms with Gasteiger partial charge in [-0.3, -0.25) is 0 Å². The molecule has 0 radical (unpaired) electrons. The number of aryl methyl sites for hydroxylation is 1. The Bertz CT molecular complexity index is 668. The van der Waals surface area contributed by atoms with E-state index in [-0.39, 0.29) is 5.60 Å². The maximum atomic E-state index is 11.2. The number of nitrogens with zero attached hydrogens (tertiary/aromatic N) is 2. The third-order valence-corrected chi connectivity index (χ3v) is 5.56. The minimum atomic E-state index is -0.910. The van der Waals surface area contributed by atoms with Gasteiger partial charge < -0.3 is 9.84 Å². The fourth-order valence-electron chi connectivity index (χ4n) is 1.85. The lowest BCUT2D eigenvalue weighted by molar-refractivity contribution is 0.0206. The summed E-state index contributed by atoms with van der Waals surface area (Å²) in [5.41, 5.74) is 0.575. The predicted molar refractivity (Wildman–Crippen MR) is 85.5 cm³/mol. The third-order valence-electron chi connectivity index (χ3n) is 3.38. The molecule has 2 aromatic rings. The normalized spacial score (nSPS) is 12.0. The molecule has 0 atom stereocenters. The van der Waals surface area contributed by atoms with Crippen LogP contribution in [0.1, 0.15) is 35.5 Å². The molecule has 21 heavy (non-hydrogen) atoms. The molecule has 0 aliphatic heterocycles. The standard InChI is InChI=1S/C14H18N2O3S2/c1-8-9-11(20-6-5-14(2,3)19-4)15-7-16-12(9)21-10(8)13(17)18/h7H,5-6H2,1-4H3,(H,17,18). The predicted octanol–water partition coefficient (Wildman–Crippen LogP) is 3.61. The first-order valence-electron chi connectivity index (χ1n) is 6.51. The van der Waals surface area contributed by atoms with Gasteiger partial charge in [0.25, 0.3) is 0 Å². The number of methoxy groups -OCH3 is 1. The minimum Gasteiger partial charge on any atom is -0.477 e. The highest BCUT2D eigenvalue weighted by Gasteiger charge is 2.20. The lowest BCUT2D eigenvalue weighted by Gasteiger charge is -2.22. The van der Waals surface area contributed by atoms with Crippen molar-refractivity contribution in [3.63, 3.8) is 0 Å². The van der Waals surface area contributed by atoms with E-state index in [2.05, 4.69) is 9.97 Å². The summed E-state index contributed by atoms with van der Waals surface area (Å²) in [6, 6.07) is 0.